The topological polar surface area (TPSA) is 91.9 Å². The summed E-state index contributed by atoms with van der Waals surface area (Å²) in [5, 5.41) is 6.92. The van der Waals surface area contributed by atoms with Gasteiger partial charge in [-0.05, 0) is 45.4 Å². The Morgan fingerprint density at radius 1 is 1.17 bits per heavy atom. The monoisotopic (exact) mass is 482 g/mol. The van der Waals surface area contributed by atoms with Gasteiger partial charge < -0.3 is 29.9 Å². The van der Waals surface area contributed by atoms with Crippen LogP contribution in [-0.4, -0.2) is 73.8 Å². The predicted octanol–water partition coefficient (Wildman–Crippen LogP) is 3.83. The van der Waals surface area contributed by atoms with Gasteiger partial charge in [0.25, 0.3) is 0 Å². The highest BCUT2D eigenvalue weighted by atomic mass is 16.5. The van der Waals surface area contributed by atoms with Gasteiger partial charge in [0.2, 0.25) is 5.95 Å². The van der Waals surface area contributed by atoms with Gasteiger partial charge in [0.1, 0.15) is 11.6 Å². The highest BCUT2D eigenvalue weighted by molar-refractivity contribution is 5.71. The molecule has 1 aliphatic heterocycles. The minimum atomic E-state index is -0.202. The highest BCUT2D eigenvalue weighted by Gasteiger charge is 2.19. The van der Waals surface area contributed by atoms with E-state index in [1.165, 1.54) is 12.8 Å². The van der Waals surface area contributed by atoms with Crippen molar-refractivity contribution in [3.8, 4) is 5.75 Å². The van der Waals surface area contributed by atoms with Crippen molar-refractivity contribution in [1.29, 1.82) is 0 Å². The zero-order valence-electron chi connectivity index (χ0n) is 21.2. The summed E-state index contributed by atoms with van der Waals surface area (Å²) in [5.74, 6) is 1.83. The lowest BCUT2D eigenvalue weighted by Gasteiger charge is -2.34. The standard InChI is InChI=1S/C26H38N6O3/c1-4-35-24(33)12-9-19-18-27-26(30-25(19)28-20-7-5-6-8-20)29-22-11-10-21(17-23(22)34-3)32-15-13-31(2)14-16-32/h10-11,17-18,20H,4-9,12-16H2,1-3H3,(H2,27,28,29,30). The summed E-state index contributed by atoms with van der Waals surface area (Å²) < 4.78 is 10.8. The predicted molar refractivity (Wildman–Crippen MR) is 139 cm³/mol. The van der Waals surface area contributed by atoms with E-state index in [9.17, 15) is 4.79 Å². The fourth-order valence-corrected chi connectivity index (χ4v) is 4.67. The van der Waals surface area contributed by atoms with Crippen molar-refractivity contribution in [2.45, 2.75) is 51.5 Å². The van der Waals surface area contributed by atoms with Crippen LogP contribution in [0.3, 0.4) is 0 Å². The number of aryl methyl sites for hydroxylation is 1. The summed E-state index contributed by atoms with van der Waals surface area (Å²) in [6.07, 6.45) is 7.36. The molecule has 0 atom stereocenters. The lowest BCUT2D eigenvalue weighted by atomic mass is 10.1. The molecule has 1 aromatic heterocycles. The number of anilines is 4. The number of nitrogens with zero attached hydrogens (tertiary/aromatic N) is 4. The number of hydrogen-bond donors (Lipinski definition) is 2. The molecule has 1 aliphatic carbocycles. The number of ether oxygens (including phenoxy) is 2. The van der Waals surface area contributed by atoms with Crippen LogP contribution in [0.4, 0.5) is 23.1 Å². The second-order valence-corrected chi connectivity index (χ2v) is 9.30. The molecule has 9 nitrogen and oxygen atoms in total. The van der Waals surface area contributed by atoms with Crippen LogP contribution < -0.4 is 20.3 Å². The normalized spacial score (nSPS) is 16.8. The van der Waals surface area contributed by atoms with E-state index >= 15 is 0 Å². The van der Waals surface area contributed by atoms with Gasteiger partial charge in [-0.3, -0.25) is 4.79 Å². The van der Waals surface area contributed by atoms with Crippen LogP contribution in [0.25, 0.3) is 0 Å². The molecule has 1 saturated heterocycles. The molecule has 0 bridgehead atoms. The van der Waals surface area contributed by atoms with Gasteiger partial charge in [0, 0.05) is 62.2 Å². The van der Waals surface area contributed by atoms with Gasteiger partial charge in [0.15, 0.2) is 0 Å². The average molecular weight is 483 g/mol. The fraction of sp³-hybridized carbons (Fsp3) is 0.577. The van der Waals surface area contributed by atoms with Crippen molar-refractivity contribution in [2.75, 3.05) is 62.5 Å². The summed E-state index contributed by atoms with van der Waals surface area (Å²) in [6.45, 7) is 6.31. The van der Waals surface area contributed by atoms with Crippen molar-refractivity contribution >= 4 is 29.1 Å². The second-order valence-electron chi connectivity index (χ2n) is 9.30. The summed E-state index contributed by atoms with van der Waals surface area (Å²) >= 11 is 0. The van der Waals surface area contributed by atoms with Crippen LogP contribution in [0.5, 0.6) is 5.75 Å². The third-order valence-corrected chi connectivity index (χ3v) is 6.76. The molecule has 2 aliphatic rings. The lowest BCUT2D eigenvalue weighted by Crippen LogP contribution is -2.44. The minimum absolute atomic E-state index is 0.202. The first-order chi connectivity index (χ1) is 17.1. The Hall–Kier alpha value is -3.07. The van der Waals surface area contributed by atoms with Gasteiger partial charge in [-0.25, -0.2) is 4.98 Å². The van der Waals surface area contributed by atoms with E-state index in [1.54, 1.807) is 13.3 Å². The van der Waals surface area contributed by atoms with Crippen molar-refractivity contribution < 1.29 is 14.3 Å². The first-order valence-corrected chi connectivity index (χ1v) is 12.7. The maximum absolute atomic E-state index is 11.9. The largest absolute Gasteiger partial charge is 0.494 e. The van der Waals surface area contributed by atoms with Crippen LogP contribution in [0.1, 0.15) is 44.6 Å². The third-order valence-electron chi connectivity index (χ3n) is 6.76. The molecular weight excluding hydrogens is 444 g/mol. The molecule has 2 fully saturated rings. The average Bonchev–Trinajstić information content (AvgIpc) is 3.38. The Morgan fingerprint density at radius 2 is 1.94 bits per heavy atom. The maximum Gasteiger partial charge on any atom is 0.306 e. The van der Waals surface area contributed by atoms with E-state index in [4.69, 9.17) is 14.5 Å². The molecule has 1 saturated carbocycles. The van der Waals surface area contributed by atoms with Gasteiger partial charge >= 0.3 is 5.97 Å². The number of carbonyl (C=O) groups is 1. The number of hydrogen-bond acceptors (Lipinski definition) is 9. The molecule has 2 heterocycles. The Bertz CT molecular complexity index is 987. The number of methoxy groups -OCH3 is 1. The van der Waals surface area contributed by atoms with Gasteiger partial charge in [-0.15, -0.1) is 0 Å². The fourth-order valence-electron chi connectivity index (χ4n) is 4.67. The number of likely N-dealkylation sites (N-methyl/N-ethyl adjacent to an activating group) is 1. The van der Waals surface area contributed by atoms with Crippen LogP contribution >= 0.6 is 0 Å². The molecule has 9 heteroatoms. The van der Waals surface area contributed by atoms with E-state index in [-0.39, 0.29) is 5.97 Å². The van der Waals surface area contributed by atoms with Crippen molar-refractivity contribution in [1.82, 2.24) is 14.9 Å². The molecule has 4 rings (SSSR count). The van der Waals surface area contributed by atoms with Crippen molar-refractivity contribution in [3.05, 3.63) is 30.0 Å². The molecule has 2 aromatic rings. The SMILES string of the molecule is CCOC(=O)CCc1cnc(Nc2ccc(N3CCN(C)CC3)cc2OC)nc1NC1CCCC1. The summed E-state index contributed by atoms with van der Waals surface area (Å²) in [4.78, 5) is 26.0. The zero-order chi connectivity index (χ0) is 24.6. The van der Waals surface area contributed by atoms with E-state index in [2.05, 4.69) is 44.6 Å². The van der Waals surface area contributed by atoms with E-state index in [0.717, 1.165) is 67.5 Å². The van der Waals surface area contributed by atoms with Crippen LogP contribution in [0, 0.1) is 0 Å². The molecule has 35 heavy (non-hydrogen) atoms. The highest BCUT2D eigenvalue weighted by Crippen LogP contribution is 2.32. The van der Waals surface area contributed by atoms with Gasteiger partial charge in [-0.1, -0.05) is 12.8 Å². The number of piperazine rings is 1. The Kier molecular flexibility index (Phi) is 8.63. The molecule has 0 spiro atoms. The Morgan fingerprint density at radius 3 is 2.66 bits per heavy atom. The number of carbonyl (C=O) groups excluding carboxylic acids is 1. The van der Waals surface area contributed by atoms with E-state index < -0.39 is 0 Å². The minimum Gasteiger partial charge on any atom is -0.494 e. The molecule has 0 unspecified atom stereocenters. The Balaban J connectivity index is 1.50. The summed E-state index contributed by atoms with van der Waals surface area (Å²) in [7, 11) is 3.84. The van der Waals surface area contributed by atoms with Crippen LogP contribution in [0.15, 0.2) is 24.4 Å². The molecule has 0 radical (unpaired) electrons. The molecular formula is C26H38N6O3. The molecule has 0 amide bonds. The maximum atomic E-state index is 11.9. The van der Waals surface area contributed by atoms with E-state index in [1.807, 2.05) is 13.0 Å². The molecule has 1 aromatic carbocycles. The van der Waals surface area contributed by atoms with Gasteiger partial charge in [0.05, 0.1) is 19.4 Å². The number of benzene rings is 1. The number of nitrogens with one attached hydrogen (secondary N) is 2. The Labute approximate surface area is 208 Å². The number of aromatic nitrogens is 2. The van der Waals surface area contributed by atoms with Crippen LogP contribution in [-0.2, 0) is 16.0 Å². The quantitative estimate of drug-likeness (QED) is 0.490. The summed E-state index contributed by atoms with van der Waals surface area (Å²) in [5.41, 5.74) is 2.89. The molecule has 2 N–H and O–H groups in total. The first kappa shape index (κ1) is 25.0. The second kappa shape index (κ2) is 12.1. The molecule has 190 valence electrons. The first-order valence-electron chi connectivity index (χ1n) is 12.7. The van der Waals surface area contributed by atoms with Crippen molar-refractivity contribution in [2.24, 2.45) is 0 Å². The van der Waals surface area contributed by atoms with Gasteiger partial charge in [-0.2, -0.15) is 4.98 Å². The zero-order valence-corrected chi connectivity index (χ0v) is 21.2. The van der Waals surface area contributed by atoms with E-state index in [0.29, 0.717) is 31.4 Å². The summed E-state index contributed by atoms with van der Waals surface area (Å²) in [6, 6.07) is 6.60. The van der Waals surface area contributed by atoms with Crippen molar-refractivity contribution in [3.63, 3.8) is 0 Å². The van der Waals surface area contributed by atoms with Crippen LogP contribution in [0.2, 0.25) is 0 Å². The lowest BCUT2D eigenvalue weighted by molar-refractivity contribution is -0.143. The number of esters is 1. The third kappa shape index (κ3) is 6.75. The smallest absolute Gasteiger partial charge is 0.306 e. The number of rotatable bonds is 10.